The van der Waals surface area contributed by atoms with E-state index in [-0.39, 0.29) is 40.3 Å². The number of aliphatic hydroxyl groups excluding tert-OH is 1. The largest absolute Gasteiger partial charge is 0.507 e. The molecule has 1 aromatic heterocycles. The van der Waals surface area contributed by atoms with E-state index in [4.69, 9.17) is 21.1 Å². The molecule has 0 aliphatic carbocycles. The van der Waals surface area contributed by atoms with Gasteiger partial charge >= 0.3 is 6.09 Å². The predicted octanol–water partition coefficient (Wildman–Crippen LogP) is 4.09. The number of nitrogens with zero attached hydrogens (tertiary/aromatic N) is 3. The first-order valence-electron chi connectivity index (χ1n) is 11.7. The number of Topliss-reactive ketones (excluding diaryl/α,β-unsaturated/α-hetero) is 1. The van der Waals surface area contributed by atoms with Crippen molar-refractivity contribution >= 4 is 35.1 Å². The number of methoxy groups -OCH3 is 1. The van der Waals surface area contributed by atoms with Gasteiger partial charge in [0.25, 0.3) is 11.7 Å². The van der Waals surface area contributed by atoms with Crippen LogP contribution in [0.1, 0.15) is 42.5 Å². The molecule has 2 amide bonds. The molecule has 190 valence electrons. The van der Waals surface area contributed by atoms with Gasteiger partial charge in [0.2, 0.25) is 0 Å². The van der Waals surface area contributed by atoms with Crippen LogP contribution in [0, 0.1) is 6.92 Å². The number of carbonyl (C=O) groups is 3. The molecule has 2 fully saturated rings. The summed E-state index contributed by atoms with van der Waals surface area (Å²) in [7, 11) is 1.42. The second-order valence-electron chi connectivity index (χ2n) is 8.74. The van der Waals surface area contributed by atoms with Gasteiger partial charge in [-0.1, -0.05) is 17.7 Å². The van der Waals surface area contributed by atoms with Crippen LogP contribution in [0.2, 0.25) is 5.02 Å². The monoisotopic (exact) mass is 513 g/mol. The Morgan fingerprint density at radius 1 is 1.25 bits per heavy atom. The van der Waals surface area contributed by atoms with E-state index < -0.39 is 23.8 Å². The fourth-order valence-electron chi connectivity index (χ4n) is 4.89. The lowest BCUT2D eigenvalue weighted by Gasteiger charge is -2.38. The summed E-state index contributed by atoms with van der Waals surface area (Å²) in [5.41, 5.74) is 1.51. The van der Waals surface area contributed by atoms with Gasteiger partial charge in [0.15, 0.2) is 0 Å². The Labute approximate surface area is 214 Å². The van der Waals surface area contributed by atoms with Gasteiger partial charge in [-0.15, -0.1) is 0 Å². The van der Waals surface area contributed by atoms with Crippen molar-refractivity contribution < 1.29 is 29.0 Å². The van der Waals surface area contributed by atoms with E-state index in [1.54, 1.807) is 55.4 Å². The zero-order chi connectivity index (χ0) is 26.0. The van der Waals surface area contributed by atoms with Gasteiger partial charge in [0.1, 0.15) is 11.5 Å². The van der Waals surface area contributed by atoms with E-state index >= 15 is 0 Å². The van der Waals surface area contributed by atoms with Gasteiger partial charge < -0.3 is 24.4 Å². The van der Waals surface area contributed by atoms with E-state index in [9.17, 15) is 19.5 Å². The van der Waals surface area contributed by atoms with E-state index in [2.05, 4.69) is 4.98 Å². The fraction of sp³-hybridized carbons (Fsp3) is 0.385. The van der Waals surface area contributed by atoms with Crippen molar-refractivity contribution in [2.24, 2.45) is 0 Å². The predicted molar refractivity (Wildman–Crippen MR) is 133 cm³/mol. The number of aryl methyl sites for hydroxylation is 1. The van der Waals surface area contributed by atoms with E-state index in [1.807, 2.05) is 0 Å². The maximum absolute atomic E-state index is 13.4. The number of aromatic nitrogens is 1. The van der Waals surface area contributed by atoms with Gasteiger partial charge in [-0.3, -0.25) is 14.6 Å². The molecule has 9 nitrogen and oxygen atoms in total. The number of ether oxygens (including phenoxy) is 2. The van der Waals surface area contributed by atoms with Crippen molar-refractivity contribution in [2.45, 2.75) is 38.8 Å². The molecule has 0 saturated carbocycles. The molecule has 2 aliphatic rings. The molecule has 2 aliphatic heterocycles. The number of pyridine rings is 1. The number of hydrogen-bond acceptors (Lipinski definition) is 7. The highest BCUT2D eigenvalue weighted by Crippen LogP contribution is 2.44. The smallest absolute Gasteiger partial charge is 0.409 e. The van der Waals surface area contributed by atoms with Crippen molar-refractivity contribution in [3.8, 4) is 5.75 Å². The highest BCUT2D eigenvalue weighted by molar-refractivity contribution is 6.46. The SMILES string of the molecule is CCOC(=O)N1CCC(N2C(=O)C(=O)/C(=C(/O)c3cc(C)cc(Cl)c3OC)C2c2cccnc2)CC1. The van der Waals surface area contributed by atoms with Gasteiger partial charge in [-0.25, -0.2) is 4.79 Å². The van der Waals surface area contributed by atoms with Crippen LogP contribution in [0.4, 0.5) is 4.79 Å². The maximum Gasteiger partial charge on any atom is 0.409 e. The number of amides is 2. The van der Waals surface area contributed by atoms with Crippen LogP contribution in [0.3, 0.4) is 0 Å². The minimum Gasteiger partial charge on any atom is -0.507 e. The van der Waals surface area contributed by atoms with Gasteiger partial charge in [0, 0.05) is 31.5 Å². The Morgan fingerprint density at radius 2 is 1.97 bits per heavy atom. The number of rotatable bonds is 5. The summed E-state index contributed by atoms with van der Waals surface area (Å²) in [5.74, 6) is -1.67. The van der Waals surface area contributed by atoms with Crippen LogP contribution < -0.4 is 4.74 Å². The average Bonchev–Trinajstić information content (AvgIpc) is 3.14. The summed E-state index contributed by atoms with van der Waals surface area (Å²) in [6.45, 7) is 4.59. The molecule has 10 heteroatoms. The number of halogens is 1. The zero-order valence-electron chi connectivity index (χ0n) is 20.4. The van der Waals surface area contributed by atoms with E-state index in [1.165, 1.54) is 12.0 Å². The average molecular weight is 514 g/mol. The zero-order valence-corrected chi connectivity index (χ0v) is 21.1. The number of ketones is 1. The van der Waals surface area contributed by atoms with Gasteiger partial charge in [0.05, 0.1) is 35.9 Å². The number of aliphatic hydroxyl groups is 1. The maximum atomic E-state index is 13.4. The summed E-state index contributed by atoms with van der Waals surface area (Å²) in [5, 5.41) is 11.7. The minimum atomic E-state index is -0.859. The highest BCUT2D eigenvalue weighted by Gasteiger charge is 2.49. The fourth-order valence-corrected chi connectivity index (χ4v) is 5.24. The Balaban J connectivity index is 1.79. The first-order valence-corrected chi connectivity index (χ1v) is 12.1. The molecule has 0 spiro atoms. The van der Waals surface area contributed by atoms with Crippen LogP contribution in [0.25, 0.3) is 5.76 Å². The third-order valence-electron chi connectivity index (χ3n) is 6.51. The molecular weight excluding hydrogens is 486 g/mol. The Kier molecular flexibility index (Phi) is 7.49. The Bertz CT molecular complexity index is 1210. The molecule has 0 radical (unpaired) electrons. The van der Waals surface area contributed by atoms with Crippen molar-refractivity contribution in [2.75, 3.05) is 26.8 Å². The number of carbonyl (C=O) groups excluding carboxylic acids is 3. The molecule has 3 heterocycles. The number of benzene rings is 1. The molecule has 1 atom stereocenters. The molecule has 36 heavy (non-hydrogen) atoms. The second kappa shape index (κ2) is 10.6. The van der Waals surface area contributed by atoms with Gasteiger partial charge in [-0.05, 0) is 56.0 Å². The van der Waals surface area contributed by atoms with Crippen LogP contribution >= 0.6 is 11.6 Å². The van der Waals surface area contributed by atoms with E-state index in [0.29, 0.717) is 31.5 Å². The summed E-state index contributed by atoms with van der Waals surface area (Å²) in [4.78, 5) is 46.2. The molecule has 1 N–H and O–H groups in total. The van der Waals surface area contributed by atoms with E-state index in [0.717, 1.165) is 5.56 Å². The third-order valence-corrected chi connectivity index (χ3v) is 6.79. The quantitative estimate of drug-likeness (QED) is 0.364. The Hall–Kier alpha value is -3.59. The normalized spacial score (nSPS) is 20.1. The molecule has 4 rings (SSSR count). The molecule has 2 aromatic rings. The standard InChI is InChI=1S/C26H28ClN3O6/c1-4-36-26(34)29-10-7-17(8-11-29)30-21(16-6-5-9-28-14-16)20(23(32)25(30)33)22(31)18-12-15(2)13-19(27)24(18)35-3/h5-6,9,12-14,17,21,31H,4,7-8,10-11H2,1-3H3/b22-20+. The molecule has 2 saturated heterocycles. The molecule has 1 aromatic carbocycles. The van der Waals surface area contributed by atoms with Gasteiger partial charge in [-0.2, -0.15) is 0 Å². The Morgan fingerprint density at radius 3 is 2.58 bits per heavy atom. The van der Waals surface area contributed by atoms with Crippen LogP contribution in [-0.2, 0) is 14.3 Å². The lowest BCUT2D eigenvalue weighted by Crippen LogP contribution is -2.48. The first-order chi connectivity index (χ1) is 17.3. The first kappa shape index (κ1) is 25.5. The minimum absolute atomic E-state index is 0.0548. The lowest BCUT2D eigenvalue weighted by molar-refractivity contribution is -0.142. The number of hydrogen-bond donors (Lipinski definition) is 1. The highest BCUT2D eigenvalue weighted by atomic mass is 35.5. The van der Waals surface area contributed by atoms with Crippen molar-refractivity contribution in [1.29, 1.82) is 0 Å². The summed E-state index contributed by atoms with van der Waals surface area (Å²) in [6.07, 6.45) is 3.69. The van der Waals surface area contributed by atoms with Crippen LogP contribution in [-0.4, -0.2) is 70.5 Å². The third kappa shape index (κ3) is 4.63. The molecule has 1 unspecified atom stereocenters. The van der Waals surface area contributed by atoms with Crippen LogP contribution in [0.15, 0.2) is 42.2 Å². The lowest BCUT2D eigenvalue weighted by atomic mass is 9.94. The van der Waals surface area contributed by atoms with Crippen molar-refractivity contribution in [3.63, 3.8) is 0 Å². The summed E-state index contributed by atoms with van der Waals surface area (Å²) >= 11 is 6.34. The van der Waals surface area contributed by atoms with Crippen LogP contribution in [0.5, 0.6) is 5.75 Å². The van der Waals surface area contributed by atoms with Crippen molar-refractivity contribution in [1.82, 2.24) is 14.8 Å². The number of likely N-dealkylation sites (tertiary alicyclic amines) is 2. The molecule has 0 bridgehead atoms. The second-order valence-corrected chi connectivity index (χ2v) is 9.14. The summed E-state index contributed by atoms with van der Waals surface area (Å²) < 4.78 is 10.5. The topological polar surface area (TPSA) is 109 Å². The molecular formula is C26H28ClN3O6. The summed E-state index contributed by atoms with van der Waals surface area (Å²) in [6, 6.07) is 5.63. The van der Waals surface area contributed by atoms with Crippen molar-refractivity contribution in [3.05, 3.63) is 63.9 Å². The number of piperidine rings is 1.